The molecule has 0 radical (unpaired) electrons. The Balaban J connectivity index is 2.62. The van der Waals surface area contributed by atoms with E-state index in [0.29, 0.717) is 36.1 Å². The lowest BCUT2D eigenvalue weighted by molar-refractivity contribution is -0.143. The largest absolute Gasteiger partial charge is 0.416 e. The van der Waals surface area contributed by atoms with Gasteiger partial charge >= 0.3 is 12.4 Å². The maximum atomic E-state index is 13.0. The SMILES string of the molecule is CCc1cccc(CC)c1S(=O)(=O)Nc1cc(C(F)(F)F)cc(C(F)(F)F)c1. The Bertz CT molecular complexity index is 911. The minimum atomic E-state index is -5.07. The summed E-state index contributed by atoms with van der Waals surface area (Å²) in [6.45, 7) is 3.39. The Morgan fingerprint density at radius 3 is 1.61 bits per heavy atom. The fourth-order valence-electron chi connectivity index (χ4n) is 2.76. The van der Waals surface area contributed by atoms with Crippen LogP contribution in [0.4, 0.5) is 32.0 Å². The molecule has 0 atom stereocenters. The van der Waals surface area contributed by atoms with E-state index in [-0.39, 0.29) is 11.0 Å². The molecule has 3 nitrogen and oxygen atoms in total. The first-order valence-electron chi connectivity index (χ1n) is 8.22. The number of alkyl halides is 6. The lowest BCUT2D eigenvalue weighted by Gasteiger charge is -2.18. The fraction of sp³-hybridized carbons (Fsp3) is 0.333. The number of nitrogens with one attached hydrogen (secondary N) is 1. The number of anilines is 1. The van der Waals surface area contributed by atoms with E-state index >= 15 is 0 Å². The lowest BCUT2D eigenvalue weighted by Crippen LogP contribution is -2.19. The number of sulfonamides is 1. The molecule has 0 saturated heterocycles. The summed E-state index contributed by atoms with van der Waals surface area (Å²) >= 11 is 0. The first-order valence-corrected chi connectivity index (χ1v) is 9.71. The second-order valence-corrected chi connectivity index (χ2v) is 7.63. The number of halogens is 6. The number of hydrogen-bond donors (Lipinski definition) is 1. The molecule has 0 aliphatic heterocycles. The summed E-state index contributed by atoms with van der Waals surface area (Å²) < 4.78 is 105. The quantitative estimate of drug-likeness (QED) is 0.630. The van der Waals surface area contributed by atoms with Crippen LogP contribution in [0.2, 0.25) is 0 Å². The smallest absolute Gasteiger partial charge is 0.280 e. The van der Waals surface area contributed by atoms with Crippen molar-refractivity contribution in [3.63, 3.8) is 0 Å². The van der Waals surface area contributed by atoms with Gasteiger partial charge in [0.25, 0.3) is 10.0 Å². The van der Waals surface area contributed by atoms with Crippen molar-refractivity contribution in [2.24, 2.45) is 0 Å². The third-order valence-corrected chi connectivity index (χ3v) is 5.61. The third-order valence-electron chi connectivity index (χ3n) is 4.05. The minimum absolute atomic E-state index is 0.0603. The fourth-order valence-corrected chi connectivity index (χ4v) is 4.41. The third kappa shape index (κ3) is 4.78. The molecule has 2 aromatic rings. The molecule has 154 valence electrons. The van der Waals surface area contributed by atoms with Crippen LogP contribution in [0.25, 0.3) is 0 Å². The molecule has 0 bridgehead atoms. The van der Waals surface area contributed by atoms with Crippen molar-refractivity contribution in [2.45, 2.75) is 43.9 Å². The summed E-state index contributed by atoms with van der Waals surface area (Å²) in [5.41, 5.74) is -3.18. The normalized spacial score (nSPS) is 12.9. The molecular weight excluding hydrogens is 408 g/mol. The summed E-state index contributed by atoms with van der Waals surface area (Å²) in [4.78, 5) is -0.133. The van der Waals surface area contributed by atoms with Gasteiger partial charge in [-0.2, -0.15) is 26.3 Å². The molecule has 0 aliphatic carbocycles. The first kappa shape index (κ1) is 22.1. The van der Waals surface area contributed by atoms with Crippen molar-refractivity contribution in [3.05, 3.63) is 58.7 Å². The van der Waals surface area contributed by atoms with Gasteiger partial charge in [-0.05, 0) is 42.2 Å². The van der Waals surface area contributed by atoms with Gasteiger partial charge in [0.05, 0.1) is 21.7 Å². The Kier molecular flexibility index (Phi) is 6.03. The van der Waals surface area contributed by atoms with Gasteiger partial charge in [0.2, 0.25) is 0 Å². The Morgan fingerprint density at radius 1 is 0.821 bits per heavy atom. The molecule has 0 unspecified atom stereocenters. The number of hydrogen-bond acceptors (Lipinski definition) is 2. The van der Waals surface area contributed by atoms with Gasteiger partial charge in [-0.15, -0.1) is 0 Å². The van der Waals surface area contributed by atoms with Crippen LogP contribution in [0, 0.1) is 0 Å². The molecule has 0 aliphatic rings. The molecule has 0 fully saturated rings. The molecule has 0 amide bonds. The van der Waals surface area contributed by atoms with Crippen molar-refractivity contribution in [1.29, 1.82) is 0 Å². The van der Waals surface area contributed by atoms with Crippen LogP contribution in [-0.2, 0) is 35.2 Å². The summed E-state index contributed by atoms with van der Waals surface area (Å²) in [5.74, 6) is 0. The zero-order valence-corrected chi connectivity index (χ0v) is 15.7. The van der Waals surface area contributed by atoms with E-state index in [0.717, 1.165) is 0 Å². The highest BCUT2D eigenvalue weighted by molar-refractivity contribution is 7.92. The van der Waals surface area contributed by atoms with Gasteiger partial charge in [0, 0.05) is 0 Å². The van der Waals surface area contributed by atoms with Gasteiger partial charge in [-0.1, -0.05) is 32.0 Å². The van der Waals surface area contributed by atoms with Crippen LogP contribution in [0.15, 0.2) is 41.3 Å². The minimum Gasteiger partial charge on any atom is -0.280 e. The number of rotatable bonds is 5. The van der Waals surface area contributed by atoms with Crippen LogP contribution in [0.5, 0.6) is 0 Å². The zero-order chi connectivity index (χ0) is 21.3. The zero-order valence-electron chi connectivity index (χ0n) is 14.9. The van der Waals surface area contributed by atoms with Crippen LogP contribution in [-0.4, -0.2) is 8.42 Å². The average molecular weight is 425 g/mol. The van der Waals surface area contributed by atoms with E-state index in [1.54, 1.807) is 32.0 Å². The predicted octanol–water partition coefficient (Wildman–Crippen LogP) is 5.65. The van der Waals surface area contributed by atoms with Crippen molar-refractivity contribution in [2.75, 3.05) is 4.72 Å². The molecule has 0 heterocycles. The van der Waals surface area contributed by atoms with Crippen LogP contribution < -0.4 is 4.72 Å². The van der Waals surface area contributed by atoms with Crippen molar-refractivity contribution in [1.82, 2.24) is 0 Å². The Morgan fingerprint density at radius 2 is 1.25 bits per heavy atom. The maximum absolute atomic E-state index is 13.0. The molecule has 2 aromatic carbocycles. The molecule has 0 saturated carbocycles. The van der Waals surface area contributed by atoms with Crippen molar-refractivity contribution < 1.29 is 34.8 Å². The second-order valence-electron chi connectivity index (χ2n) is 6.01. The van der Waals surface area contributed by atoms with Crippen molar-refractivity contribution in [3.8, 4) is 0 Å². The number of aryl methyl sites for hydroxylation is 2. The monoisotopic (exact) mass is 425 g/mol. The molecule has 28 heavy (non-hydrogen) atoms. The van der Waals surface area contributed by atoms with E-state index in [9.17, 15) is 34.8 Å². The predicted molar refractivity (Wildman–Crippen MR) is 92.5 cm³/mol. The van der Waals surface area contributed by atoms with E-state index in [1.165, 1.54) is 0 Å². The summed E-state index contributed by atoms with van der Waals surface area (Å²) in [6, 6.07) is 5.35. The Labute approximate surface area is 158 Å². The van der Waals surface area contributed by atoms with Gasteiger partial charge in [0.15, 0.2) is 0 Å². The van der Waals surface area contributed by atoms with Crippen LogP contribution in [0.1, 0.15) is 36.1 Å². The molecular formula is C18H17F6NO2S. The molecule has 2 rings (SSSR count). The summed E-state index contributed by atoms with van der Waals surface area (Å²) in [6.07, 6.45) is -9.50. The molecule has 1 N–H and O–H groups in total. The lowest BCUT2D eigenvalue weighted by atomic mass is 10.1. The summed E-state index contributed by atoms with van der Waals surface area (Å²) in [7, 11) is -4.41. The van der Waals surface area contributed by atoms with Crippen LogP contribution in [0.3, 0.4) is 0 Å². The van der Waals surface area contributed by atoms with E-state index in [2.05, 4.69) is 0 Å². The highest BCUT2D eigenvalue weighted by Crippen LogP contribution is 2.38. The second kappa shape index (κ2) is 7.65. The van der Waals surface area contributed by atoms with E-state index in [4.69, 9.17) is 0 Å². The van der Waals surface area contributed by atoms with Gasteiger partial charge in [0.1, 0.15) is 0 Å². The van der Waals surface area contributed by atoms with Gasteiger partial charge in [-0.3, -0.25) is 4.72 Å². The molecule has 0 aromatic heterocycles. The maximum Gasteiger partial charge on any atom is 0.416 e. The van der Waals surface area contributed by atoms with Gasteiger partial charge < -0.3 is 0 Å². The molecule has 10 heteroatoms. The average Bonchev–Trinajstić information content (AvgIpc) is 2.58. The standard InChI is InChI=1S/C18H17F6NO2S/c1-3-11-6-5-7-12(4-2)16(11)28(26,27)25-15-9-13(17(19,20)21)8-14(10-15)18(22,23)24/h5-10,25H,3-4H2,1-2H3. The first-order chi connectivity index (χ1) is 12.8. The highest BCUT2D eigenvalue weighted by atomic mass is 32.2. The Hall–Kier alpha value is -2.23. The summed E-state index contributed by atoms with van der Waals surface area (Å²) in [5, 5.41) is 0. The van der Waals surface area contributed by atoms with Crippen LogP contribution >= 0.6 is 0 Å². The van der Waals surface area contributed by atoms with Crippen molar-refractivity contribution >= 4 is 15.7 Å². The number of benzene rings is 2. The van der Waals surface area contributed by atoms with Gasteiger partial charge in [-0.25, -0.2) is 8.42 Å². The molecule has 0 spiro atoms. The highest BCUT2D eigenvalue weighted by Gasteiger charge is 2.37. The van der Waals surface area contributed by atoms with E-state index < -0.39 is 39.2 Å². The topological polar surface area (TPSA) is 46.2 Å². The van der Waals surface area contributed by atoms with E-state index in [1.807, 2.05) is 4.72 Å².